The van der Waals surface area contributed by atoms with Crippen molar-refractivity contribution in [2.24, 2.45) is 0 Å². The summed E-state index contributed by atoms with van der Waals surface area (Å²) in [5.41, 5.74) is 0.431. The third-order valence-electron chi connectivity index (χ3n) is 2.67. The van der Waals surface area contributed by atoms with Gasteiger partial charge in [0.15, 0.2) is 6.10 Å². The van der Waals surface area contributed by atoms with Crippen molar-refractivity contribution in [2.75, 3.05) is 5.32 Å². The summed E-state index contributed by atoms with van der Waals surface area (Å²) in [5, 5.41) is 3.43. The van der Waals surface area contributed by atoms with Crippen molar-refractivity contribution < 1.29 is 13.9 Å². The van der Waals surface area contributed by atoms with Crippen LogP contribution in [-0.2, 0) is 4.79 Å². The van der Waals surface area contributed by atoms with E-state index in [1.165, 1.54) is 24.3 Å². The van der Waals surface area contributed by atoms with Gasteiger partial charge in [-0.3, -0.25) is 4.79 Å². The molecule has 0 spiro atoms. The van der Waals surface area contributed by atoms with E-state index in [9.17, 15) is 9.18 Å². The van der Waals surface area contributed by atoms with Gasteiger partial charge in [-0.1, -0.05) is 29.3 Å². The molecule has 0 radical (unpaired) electrons. The fraction of sp³-hybridized carbons (Fsp3) is 0.133. The lowest BCUT2D eigenvalue weighted by Crippen LogP contribution is -2.30. The van der Waals surface area contributed by atoms with Crippen LogP contribution >= 0.6 is 23.2 Å². The van der Waals surface area contributed by atoms with Crippen LogP contribution in [0.5, 0.6) is 5.75 Å². The molecule has 0 unspecified atom stereocenters. The van der Waals surface area contributed by atoms with E-state index in [1.807, 2.05) is 0 Å². The van der Waals surface area contributed by atoms with Gasteiger partial charge in [0.2, 0.25) is 0 Å². The maximum Gasteiger partial charge on any atom is 0.265 e. The minimum Gasteiger partial charge on any atom is -0.481 e. The van der Waals surface area contributed by atoms with E-state index >= 15 is 0 Å². The molecule has 0 heterocycles. The molecule has 1 N–H and O–H groups in total. The standard InChI is InChI=1S/C15H12Cl2FNO2/c1-9(21-12-4-2-3-11(18)8-12)15(20)19-14-6-5-10(16)7-13(14)17/h2-9H,1H3,(H,19,20)/t9-/m1/s1. The van der Waals surface area contributed by atoms with Gasteiger partial charge in [-0.25, -0.2) is 4.39 Å². The lowest BCUT2D eigenvalue weighted by Gasteiger charge is -2.15. The minimum absolute atomic E-state index is 0.278. The highest BCUT2D eigenvalue weighted by molar-refractivity contribution is 6.36. The zero-order chi connectivity index (χ0) is 15.4. The number of amides is 1. The number of benzene rings is 2. The molecule has 0 aliphatic heterocycles. The maximum absolute atomic E-state index is 13.0. The van der Waals surface area contributed by atoms with Crippen molar-refractivity contribution in [1.29, 1.82) is 0 Å². The lowest BCUT2D eigenvalue weighted by atomic mass is 10.3. The Bertz CT molecular complexity index is 664. The Labute approximate surface area is 131 Å². The summed E-state index contributed by atoms with van der Waals surface area (Å²) in [6.07, 6.45) is -0.807. The van der Waals surface area contributed by atoms with Gasteiger partial charge in [0.05, 0.1) is 10.7 Å². The topological polar surface area (TPSA) is 38.3 Å². The van der Waals surface area contributed by atoms with E-state index in [-0.39, 0.29) is 5.75 Å². The molecule has 6 heteroatoms. The SMILES string of the molecule is C[C@@H](Oc1cccc(F)c1)C(=O)Nc1ccc(Cl)cc1Cl. The number of rotatable bonds is 4. The second kappa shape index (κ2) is 6.78. The van der Waals surface area contributed by atoms with Crippen molar-refractivity contribution in [3.63, 3.8) is 0 Å². The molecule has 0 aromatic heterocycles. The number of ether oxygens (including phenoxy) is 1. The Morgan fingerprint density at radius 2 is 2.00 bits per heavy atom. The van der Waals surface area contributed by atoms with E-state index in [2.05, 4.69) is 5.32 Å². The highest BCUT2D eigenvalue weighted by atomic mass is 35.5. The zero-order valence-corrected chi connectivity index (χ0v) is 12.6. The van der Waals surface area contributed by atoms with Gasteiger partial charge < -0.3 is 10.1 Å². The molecule has 21 heavy (non-hydrogen) atoms. The Morgan fingerprint density at radius 1 is 1.24 bits per heavy atom. The number of carbonyl (C=O) groups excluding carboxylic acids is 1. The van der Waals surface area contributed by atoms with Crippen LogP contribution in [0.1, 0.15) is 6.92 Å². The summed E-state index contributed by atoms with van der Waals surface area (Å²) in [7, 11) is 0. The van der Waals surface area contributed by atoms with Crippen LogP contribution in [0, 0.1) is 5.82 Å². The van der Waals surface area contributed by atoms with Crippen LogP contribution in [0.4, 0.5) is 10.1 Å². The molecule has 0 aliphatic rings. The first-order chi connectivity index (χ1) is 9.95. The fourth-order valence-electron chi connectivity index (χ4n) is 1.62. The Balaban J connectivity index is 2.02. The van der Waals surface area contributed by atoms with Crippen molar-refractivity contribution in [3.8, 4) is 5.75 Å². The van der Waals surface area contributed by atoms with Gasteiger partial charge in [0.25, 0.3) is 5.91 Å². The third kappa shape index (κ3) is 4.34. The lowest BCUT2D eigenvalue weighted by molar-refractivity contribution is -0.122. The second-order valence-electron chi connectivity index (χ2n) is 4.33. The quantitative estimate of drug-likeness (QED) is 0.895. The summed E-state index contributed by atoms with van der Waals surface area (Å²) in [5.74, 6) is -0.552. The molecule has 0 bridgehead atoms. The Morgan fingerprint density at radius 3 is 2.67 bits per heavy atom. The van der Waals surface area contributed by atoms with Crippen molar-refractivity contribution in [3.05, 3.63) is 58.3 Å². The molecule has 2 aromatic rings. The average molecular weight is 328 g/mol. The predicted octanol–water partition coefficient (Wildman–Crippen LogP) is 4.54. The summed E-state index contributed by atoms with van der Waals surface area (Å²) in [6, 6.07) is 10.3. The van der Waals surface area contributed by atoms with Gasteiger partial charge in [-0.05, 0) is 37.3 Å². The summed E-state index contributed by atoms with van der Waals surface area (Å²) in [4.78, 5) is 12.0. The van der Waals surface area contributed by atoms with Crippen molar-refractivity contribution in [2.45, 2.75) is 13.0 Å². The molecule has 0 aliphatic carbocycles. The average Bonchev–Trinajstić information content (AvgIpc) is 2.41. The first-order valence-electron chi connectivity index (χ1n) is 6.14. The fourth-order valence-corrected chi connectivity index (χ4v) is 2.08. The normalized spacial score (nSPS) is 11.8. The van der Waals surface area contributed by atoms with Gasteiger partial charge in [0.1, 0.15) is 11.6 Å². The van der Waals surface area contributed by atoms with Crippen LogP contribution in [0.3, 0.4) is 0 Å². The van der Waals surface area contributed by atoms with Crippen molar-refractivity contribution in [1.82, 2.24) is 0 Å². The van der Waals surface area contributed by atoms with Gasteiger partial charge in [0, 0.05) is 11.1 Å². The molecule has 2 aromatic carbocycles. The molecule has 0 saturated heterocycles. The molecular weight excluding hydrogens is 316 g/mol. The smallest absolute Gasteiger partial charge is 0.265 e. The molecule has 0 saturated carbocycles. The Kier molecular flexibility index (Phi) is 5.04. The van der Waals surface area contributed by atoms with Gasteiger partial charge >= 0.3 is 0 Å². The molecule has 0 fully saturated rings. The van der Waals surface area contributed by atoms with E-state index in [0.717, 1.165) is 0 Å². The number of nitrogens with one attached hydrogen (secondary N) is 1. The number of anilines is 1. The van der Waals surface area contributed by atoms with Crippen LogP contribution in [0.15, 0.2) is 42.5 Å². The number of hydrogen-bond donors (Lipinski definition) is 1. The number of halogens is 3. The molecular formula is C15H12Cl2FNO2. The molecule has 1 amide bonds. The second-order valence-corrected chi connectivity index (χ2v) is 5.17. The number of hydrogen-bond acceptors (Lipinski definition) is 2. The maximum atomic E-state index is 13.0. The highest BCUT2D eigenvalue weighted by Gasteiger charge is 2.16. The van der Waals surface area contributed by atoms with E-state index < -0.39 is 17.8 Å². The predicted molar refractivity (Wildman–Crippen MR) is 81.6 cm³/mol. The largest absolute Gasteiger partial charge is 0.481 e. The monoisotopic (exact) mass is 327 g/mol. The van der Waals surface area contributed by atoms with E-state index in [4.69, 9.17) is 27.9 Å². The molecule has 1 atom stereocenters. The summed E-state index contributed by atoms with van der Waals surface area (Å²) < 4.78 is 18.4. The summed E-state index contributed by atoms with van der Waals surface area (Å²) >= 11 is 11.8. The molecule has 110 valence electrons. The Hall–Kier alpha value is -1.78. The van der Waals surface area contributed by atoms with Gasteiger partial charge in [-0.15, -0.1) is 0 Å². The van der Waals surface area contributed by atoms with Crippen LogP contribution < -0.4 is 10.1 Å². The van der Waals surface area contributed by atoms with Crippen LogP contribution in [-0.4, -0.2) is 12.0 Å². The highest BCUT2D eigenvalue weighted by Crippen LogP contribution is 2.25. The van der Waals surface area contributed by atoms with E-state index in [0.29, 0.717) is 15.7 Å². The number of carbonyl (C=O) groups is 1. The van der Waals surface area contributed by atoms with Gasteiger partial charge in [-0.2, -0.15) is 0 Å². The van der Waals surface area contributed by atoms with Crippen LogP contribution in [0.2, 0.25) is 10.0 Å². The first kappa shape index (κ1) is 15.6. The van der Waals surface area contributed by atoms with E-state index in [1.54, 1.807) is 25.1 Å². The minimum atomic E-state index is -0.807. The summed E-state index contributed by atoms with van der Waals surface area (Å²) in [6.45, 7) is 1.56. The molecule has 2 rings (SSSR count). The van der Waals surface area contributed by atoms with Crippen molar-refractivity contribution >= 4 is 34.8 Å². The zero-order valence-electron chi connectivity index (χ0n) is 11.1. The third-order valence-corrected chi connectivity index (χ3v) is 3.21. The first-order valence-corrected chi connectivity index (χ1v) is 6.89. The molecule has 3 nitrogen and oxygen atoms in total. The van der Waals surface area contributed by atoms with Crippen LogP contribution in [0.25, 0.3) is 0 Å².